The van der Waals surface area contributed by atoms with Crippen LogP contribution in [0.3, 0.4) is 0 Å². The molecular formula is C18H21ClN2O2S. The summed E-state index contributed by atoms with van der Waals surface area (Å²) in [5, 5.41) is 3.73. The zero-order valence-electron chi connectivity index (χ0n) is 13.4. The molecule has 0 aliphatic carbocycles. The molecule has 1 atom stereocenters. The first-order valence-electron chi connectivity index (χ1n) is 8.15. The average molecular weight is 365 g/mol. The summed E-state index contributed by atoms with van der Waals surface area (Å²) in [5.41, 5.74) is 0. The highest BCUT2D eigenvalue weighted by molar-refractivity contribution is 7.99. The van der Waals surface area contributed by atoms with Crippen LogP contribution in [-0.2, 0) is 11.3 Å². The Hall–Kier alpha value is -1.43. The minimum Gasteiger partial charge on any atom is -0.467 e. The van der Waals surface area contributed by atoms with Crippen LogP contribution >= 0.6 is 23.4 Å². The molecule has 3 rings (SSSR count). The average Bonchev–Trinajstić information content (AvgIpc) is 3.26. The van der Waals surface area contributed by atoms with E-state index in [1.165, 1.54) is 4.90 Å². The van der Waals surface area contributed by atoms with E-state index in [-0.39, 0.29) is 11.9 Å². The second-order valence-corrected chi connectivity index (χ2v) is 7.40. The Bertz CT molecular complexity index is 646. The maximum Gasteiger partial charge on any atom is 0.237 e. The summed E-state index contributed by atoms with van der Waals surface area (Å²) in [4.78, 5) is 15.9. The van der Waals surface area contributed by atoms with Gasteiger partial charge in [0.15, 0.2) is 0 Å². The quantitative estimate of drug-likeness (QED) is 0.759. The van der Waals surface area contributed by atoms with Crippen LogP contribution in [0, 0.1) is 0 Å². The predicted octanol–water partition coefficient (Wildman–Crippen LogP) is 3.81. The number of hydrogen-bond donors (Lipinski definition) is 1. The molecule has 6 heteroatoms. The molecule has 24 heavy (non-hydrogen) atoms. The number of nitrogens with zero attached hydrogens (tertiary/aromatic N) is 1. The van der Waals surface area contributed by atoms with Crippen LogP contribution in [0.2, 0.25) is 5.02 Å². The highest BCUT2D eigenvalue weighted by Crippen LogP contribution is 2.23. The second-order valence-electron chi connectivity index (χ2n) is 5.79. The molecule has 4 nitrogen and oxygen atoms in total. The van der Waals surface area contributed by atoms with E-state index in [1.54, 1.807) is 18.0 Å². The molecule has 1 aromatic carbocycles. The Morgan fingerprint density at radius 3 is 2.92 bits per heavy atom. The number of benzene rings is 1. The Kier molecular flexibility index (Phi) is 6.24. The normalized spacial score (nSPS) is 18.0. The van der Waals surface area contributed by atoms with Gasteiger partial charge in [-0.25, -0.2) is 0 Å². The Morgan fingerprint density at radius 2 is 2.17 bits per heavy atom. The SMILES string of the molecule is O=C(NCc1ccco1)C1CCCN1CCSc1ccc(Cl)cc1. The molecule has 1 aliphatic rings. The number of amides is 1. The molecule has 0 radical (unpaired) electrons. The van der Waals surface area contributed by atoms with E-state index in [9.17, 15) is 4.79 Å². The molecule has 1 saturated heterocycles. The number of nitrogens with one attached hydrogen (secondary N) is 1. The van der Waals surface area contributed by atoms with Crippen LogP contribution in [0.5, 0.6) is 0 Å². The first-order chi connectivity index (χ1) is 11.7. The molecule has 1 aromatic heterocycles. The van der Waals surface area contributed by atoms with Gasteiger partial charge in [-0.05, 0) is 55.8 Å². The third kappa shape index (κ3) is 4.79. The lowest BCUT2D eigenvalue weighted by molar-refractivity contribution is -0.125. The number of thioether (sulfide) groups is 1. The van der Waals surface area contributed by atoms with Crippen molar-refractivity contribution < 1.29 is 9.21 Å². The standard InChI is InChI=1S/C18H21ClN2O2S/c19-14-5-7-16(8-6-14)24-12-10-21-9-1-4-17(21)18(22)20-13-15-3-2-11-23-15/h2-3,5-8,11,17H,1,4,9-10,12-13H2,(H,20,22). The van der Waals surface area contributed by atoms with Gasteiger partial charge in [0.05, 0.1) is 18.8 Å². The lowest BCUT2D eigenvalue weighted by Gasteiger charge is -2.23. The first kappa shape index (κ1) is 17.4. The molecule has 0 bridgehead atoms. The van der Waals surface area contributed by atoms with Crippen molar-refractivity contribution in [3.05, 3.63) is 53.4 Å². The summed E-state index contributed by atoms with van der Waals surface area (Å²) in [6.45, 7) is 2.35. The van der Waals surface area contributed by atoms with E-state index in [4.69, 9.17) is 16.0 Å². The summed E-state index contributed by atoms with van der Waals surface area (Å²) in [5.74, 6) is 1.84. The van der Waals surface area contributed by atoms with Crippen LogP contribution in [0.25, 0.3) is 0 Å². The Morgan fingerprint density at radius 1 is 1.33 bits per heavy atom. The van der Waals surface area contributed by atoms with Crippen LogP contribution < -0.4 is 5.32 Å². The van der Waals surface area contributed by atoms with E-state index in [1.807, 2.05) is 36.4 Å². The van der Waals surface area contributed by atoms with Crippen LogP contribution in [0.1, 0.15) is 18.6 Å². The van der Waals surface area contributed by atoms with Gasteiger partial charge in [0.25, 0.3) is 0 Å². The van der Waals surface area contributed by atoms with Crippen molar-refractivity contribution in [2.75, 3.05) is 18.8 Å². The molecule has 2 heterocycles. The molecular weight excluding hydrogens is 344 g/mol. The van der Waals surface area contributed by atoms with Gasteiger partial charge in [0.1, 0.15) is 5.76 Å². The minimum absolute atomic E-state index is 0.0224. The lowest BCUT2D eigenvalue weighted by atomic mass is 10.2. The van der Waals surface area contributed by atoms with Crippen molar-refractivity contribution in [1.82, 2.24) is 10.2 Å². The maximum atomic E-state index is 12.4. The molecule has 128 valence electrons. The fourth-order valence-corrected chi connectivity index (χ4v) is 3.92. The number of likely N-dealkylation sites (tertiary alicyclic amines) is 1. The highest BCUT2D eigenvalue weighted by atomic mass is 35.5. The lowest BCUT2D eigenvalue weighted by Crippen LogP contribution is -2.43. The third-order valence-corrected chi connectivity index (χ3v) is 5.39. The predicted molar refractivity (Wildman–Crippen MR) is 97.3 cm³/mol. The van der Waals surface area contributed by atoms with Crippen molar-refractivity contribution in [3.63, 3.8) is 0 Å². The van der Waals surface area contributed by atoms with E-state index in [0.29, 0.717) is 6.54 Å². The molecule has 1 fully saturated rings. The number of hydrogen-bond acceptors (Lipinski definition) is 4. The van der Waals surface area contributed by atoms with Gasteiger partial charge in [-0.1, -0.05) is 11.6 Å². The van der Waals surface area contributed by atoms with E-state index < -0.39 is 0 Å². The van der Waals surface area contributed by atoms with Crippen LogP contribution in [0.4, 0.5) is 0 Å². The maximum absolute atomic E-state index is 12.4. The van der Waals surface area contributed by atoms with Gasteiger partial charge in [0, 0.05) is 22.2 Å². The summed E-state index contributed by atoms with van der Waals surface area (Å²) >= 11 is 7.70. The van der Waals surface area contributed by atoms with E-state index >= 15 is 0 Å². The number of furan rings is 1. The Labute approximate surface area is 151 Å². The fraction of sp³-hybridized carbons (Fsp3) is 0.389. The van der Waals surface area contributed by atoms with Crippen molar-refractivity contribution in [2.24, 2.45) is 0 Å². The van der Waals surface area contributed by atoms with Crippen LogP contribution in [-0.4, -0.2) is 35.7 Å². The molecule has 1 aliphatic heterocycles. The van der Waals surface area contributed by atoms with Gasteiger partial charge in [-0.3, -0.25) is 9.69 Å². The fourth-order valence-electron chi connectivity index (χ4n) is 2.91. The molecule has 2 aromatic rings. The smallest absolute Gasteiger partial charge is 0.237 e. The summed E-state index contributed by atoms with van der Waals surface area (Å²) in [6.07, 6.45) is 3.62. The zero-order chi connectivity index (χ0) is 16.8. The third-order valence-electron chi connectivity index (χ3n) is 4.14. The van der Waals surface area contributed by atoms with Crippen molar-refractivity contribution in [3.8, 4) is 0 Å². The number of carbonyl (C=O) groups excluding carboxylic acids is 1. The summed E-state index contributed by atoms with van der Waals surface area (Å²) in [6, 6.07) is 11.6. The van der Waals surface area contributed by atoms with Gasteiger partial charge in [0.2, 0.25) is 5.91 Å². The monoisotopic (exact) mass is 364 g/mol. The van der Waals surface area contributed by atoms with Crippen molar-refractivity contribution in [2.45, 2.75) is 30.3 Å². The number of halogens is 1. The number of rotatable bonds is 7. The highest BCUT2D eigenvalue weighted by Gasteiger charge is 2.30. The first-order valence-corrected chi connectivity index (χ1v) is 9.51. The van der Waals surface area contributed by atoms with E-state index in [0.717, 1.165) is 42.5 Å². The zero-order valence-corrected chi connectivity index (χ0v) is 15.0. The second kappa shape index (κ2) is 8.60. The molecule has 1 N–H and O–H groups in total. The topological polar surface area (TPSA) is 45.5 Å². The number of carbonyl (C=O) groups is 1. The molecule has 1 amide bonds. The van der Waals surface area contributed by atoms with Gasteiger partial charge in [-0.2, -0.15) is 0 Å². The molecule has 0 spiro atoms. The van der Waals surface area contributed by atoms with Gasteiger partial charge >= 0.3 is 0 Å². The van der Waals surface area contributed by atoms with Gasteiger partial charge in [-0.15, -0.1) is 11.8 Å². The summed E-state index contributed by atoms with van der Waals surface area (Å²) in [7, 11) is 0. The van der Waals surface area contributed by atoms with Crippen molar-refractivity contribution in [1.29, 1.82) is 0 Å². The van der Waals surface area contributed by atoms with Crippen LogP contribution in [0.15, 0.2) is 52.0 Å². The molecule has 0 saturated carbocycles. The largest absolute Gasteiger partial charge is 0.467 e. The minimum atomic E-state index is -0.0224. The van der Waals surface area contributed by atoms with Gasteiger partial charge < -0.3 is 9.73 Å². The van der Waals surface area contributed by atoms with E-state index in [2.05, 4.69) is 10.2 Å². The summed E-state index contributed by atoms with van der Waals surface area (Å²) < 4.78 is 5.25. The Balaban J connectivity index is 1.44. The molecule has 1 unspecified atom stereocenters. The van der Waals surface area contributed by atoms with Crippen molar-refractivity contribution >= 4 is 29.3 Å².